The molecular formula is C30H35Cl2N3O3. The molecule has 38 heavy (non-hydrogen) atoms. The molecule has 1 atom stereocenters. The van der Waals surface area contributed by atoms with Crippen molar-refractivity contribution in [2.24, 2.45) is 0 Å². The molecule has 1 saturated heterocycles. The number of urea groups is 1. The van der Waals surface area contributed by atoms with Gasteiger partial charge < -0.3 is 25.0 Å². The van der Waals surface area contributed by atoms with Gasteiger partial charge in [0.05, 0.1) is 35.9 Å². The first-order chi connectivity index (χ1) is 18.4. The first-order valence-corrected chi connectivity index (χ1v) is 13.7. The number of benzene rings is 3. The van der Waals surface area contributed by atoms with E-state index in [1.54, 1.807) is 6.07 Å². The minimum absolute atomic E-state index is 0.00943. The summed E-state index contributed by atoms with van der Waals surface area (Å²) in [6.45, 7) is 2.98. The highest BCUT2D eigenvalue weighted by Gasteiger charge is 2.29. The Morgan fingerprint density at radius 1 is 1.00 bits per heavy atom. The van der Waals surface area contributed by atoms with Gasteiger partial charge in [0.2, 0.25) is 0 Å². The lowest BCUT2D eigenvalue weighted by Gasteiger charge is -2.38. The van der Waals surface area contributed by atoms with Crippen molar-refractivity contribution >= 4 is 29.2 Å². The molecule has 0 aromatic heterocycles. The molecular weight excluding hydrogens is 521 g/mol. The SMILES string of the molecule is CN1CCC(N(Cc2ccc(CO)cc2)C(=O)NC(COCc2ccccc2)c2cccc(Cl)c2Cl)CC1. The second-order valence-corrected chi connectivity index (χ2v) is 10.6. The molecule has 202 valence electrons. The van der Waals surface area contributed by atoms with Crippen LogP contribution in [0.25, 0.3) is 0 Å². The van der Waals surface area contributed by atoms with E-state index in [4.69, 9.17) is 27.9 Å². The smallest absolute Gasteiger partial charge is 0.318 e. The van der Waals surface area contributed by atoms with E-state index in [-0.39, 0.29) is 25.3 Å². The lowest BCUT2D eigenvalue weighted by molar-refractivity contribution is 0.0907. The molecule has 0 aliphatic carbocycles. The maximum atomic E-state index is 13.9. The molecule has 2 amide bonds. The molecule has 1 fully saturated rings. The molecule has 8 heteroatoms. The summed E-state index contributed by atoms with van der Waals surface area (Å²) in [6, 6.07) is 22.5. The van der Waals surface area contributed by atoms with Gasteiger partial charge in [-0.2, -0.15) is 0 Å². The number of ether oxygens (including phenoxy) is 1. The molecule has 1 aliphatic rings. The molecule has 6 nitrogen and oxygen atoms in total. The number of piperidine rings is 1. The summed E-state index contributed by atoms with van der Waals surface area (Å²) in [5, 5.41) is 13.5. The minimum atomic E-state index is -0.483. The minimum Gasteiger partial charge on any atom is -0.392 e. The normalized spacial score (nSPS) is 15.3. The zero-order valence-corrected chi connectivity index (χ0v) is 23.2. The Labute approximate surface area is 235 Å². The third-order valence-electron chi connectivity index (χ3n) is 7.00. The van der Waals surface area contributed by atoms with Crippen LogP contribution in [-0.4, -0.2) is 53.7 Å². The van der Waals surface area contributed by atoms with E-state index >= 15 is 0 Å². The third-order valence-corrected chi connectivity index (χ3v) is 7.83. The van der Waals surface area contributed by atoms with E-state index in [0.717, 1.165) is 48.2 Å². The van der Waals surface area contributed by atoms with Crippen molar-refractivity contribution in [1.29, 1.82) is 0 Å². The zero-order valence-electron chi connectivity index (χ0n) is 21.7. The van der Waals surface area contributed by atoms with Gasteiger partial charge >= 0.3 is 6.03 Å². The van der Waals surface area contributed by atoms with Crippen molar-refractivity contribution in [3.63, 3.8) is 0 Å². The van der Waals surface area contributed by atoms with Gasteiger partial charge in [-0.3, -0.25) is 0 Å². The highest BCUT2D eigenvalue weighted by atomic mass is 35.5. The maximum absolute atomic E-state index is 13.9. The lowest BCUT2D eigenvalue weighted by atomic mass is 10.0. The fraction of sp³-hybridized carbons (Fsp3) is 0.367. The van der Waals surface area contributed by atoms with Crippen LogP contribution in [0.3, 0.4) is 0 Å². The Hall–Kier alpha value is -2.61. The van der Waals surface area contributed by atoms with Crippen molar-refractivity contribution in [3.05, 3.63) is 105 Å². The number of amides is 2. The van der Waals surface area contributed by atoms with E-state index < -0.39 is 6.04 Å². The van der Waals surface area contributed by atoms with Crippen molar-refractivity contribution in [2.75, 3.05) is 26.7 Å². The average Bonchev–Trinajstić information content (AvgIpc) is 2.94. The Kier molecular flexibility index (Phi) is 10.4. The number of likely N-dealkylation sites (tertiary alicyclic amines) is 1. The number of carbonyl (C=O) groups excluding carboxylic acids is 1. The van der Waals surface area contributed by atoms with E-state index in [0.29, 0.717) is 23.2 Å². The molecule has 0 radical (unpaired) electrons. The van der Waals surface area contributed by atoms with Crippen LogP contribution in [0, 0.1) is 0 Å². The van der Waals surface area contributed by atoms with Gasteiger partial charge in [0.15, 0.2) is 0 Å². The number of nitrogens with zero attached hydrogens (tertiary/aromatic N) is 2. The van der Waals surface area contributed by atoms with E-state index in [9.17, 15) is 9.90 Å². The van der Waals surface area contributed by atoms with Crippen LogP contribution in [0.5, 0.6) is 0 Å². The van der Waals surface area contributed by atoms with Gasteiger partial charge in [0, 0.05) is 12.6 Å². The number of aliphatic hydroxyl groups excluding tert-OH is 1. The number of aliphatic hydroxyl groups is 1. The second-order valence-electron chi connectivity index (χ2n) is 9.78. The summed E-state index contributed by atoms with van der Waals surface area (Å²) in [7, 11) is 2.11. The summed E-state index contributed by atoms with van der Waals surface area (Å²) >= 11 is 12.9. The fourth-order valence-electron chi connectivity index (χ4n) is 4.72. The van der Waals surface area contributed by atoms with Crippen molar-refractivity contribution in [3.8, 4) is 0 Å². The van der Waals surface area contributed by atoms with Crippen molar-refractivity contribution in [1.82, 2.24) is 15.1 Å². The standard InChI is InChI=1S/C30H35Cl2N3O3/c1-34-16-14-25(15-17-34)35(18-22-10-12-23(19-36)13-11-22)30(37)33-28(26-8-5-9-27(31)29(26)32)21-38-20-24-6-3-2-4-7-24/h2-13,25,28,36H,14-21H2,1H3,(H,33,37). The van der Waals surface area contributed by atoms with Crippen LogP contribution in [0.2, 0.25) is 10.0 Å². The van der Waals surface area contributed by atoms with Crippen LogP contribution in [0.15, 0.2) is 72.8 Å². The maximum Gasteiger partial charge on any atom is 0.318 e. The monoisotopic (exact) mass is 555 g/mol. The van der Waals surface area contributed by atoms with Crippen LogP contribution in [0.1, 0.15) is 41.1 Å². The molecule has 0 saturated carbocycles. The van der Waals surface area contributed by atoms with Crippen LogP contribution in [-0.2, 0) is 24.5 Å². The molecule has 1 unspecified atom stereocenters. The predicted molar refractivity (Wildman–Crippen MR) is 152 cm³/mol. The Balaban J connectivity index is 1.54. The number of nitrogens with one attached hydrogen (secondary N) is 1. The van der Waals surface area contributed by atoms with Gasteiger partial charge in [-0.1, -0.05) is 89.9 Å². The predicted octanol–water partition coefficient (Wildman–Crippen LogP) is 6.05. The molecule has 3 aromatic rings. The highest BCUT2D eigenvalue weighted by molar-refractivity contribution is 6.42. The quantitative estimate of drug-likeness (QED) is 0.319. The summed E-state index contributed by atoms with van der Waals surface area (Å²) in [5.74, 6) is 0. The molecule has 4 rings (SSSR count). The second kappa shape index (κ2) is 14.0. The first kappa shape index (κ1) is 28.4. The van der Waals surface area contributed by atoms with Gasteiger partial charge in [0.25, 0.3) is 0 Å². The summed E-state index contributed by atoms with van der Waals surface area (Å²) in [5.41, 5.74) is 3.62. The lowest BCUT2D eigenvalue weighted by Crippen LogP contribution is -2.50. The van der Waals surface area contributed by atoms with Crippen LogP contribution >= 0.6 is 23.2 Å². The summed E-state index contributed by atoms with van der Waals surface area (Å²) in [4.78, 5) is 18.1. The third kappa shape index (κ3) is 7.71. The molecule has 0 spiro atoms. The number of hydrogen-bond acceptors (Lipinski definition) is 4. The summed E-state index contributed by atoms with van der Waals surface area (Å²) < 4.78 is 6.05. The van der Waals surface area contributed by atoms with Gasteiger partial charge in [-0.25, -0.2) is 4.79 Å². The first-order valence-electron chi connectivity index (χ1n) is 12.9. The number of halogens is 2. The zero-order chi connectivity index (χ0) is 26.9. The van der Waals surface area contributed by atoms with Gasteiger partial charge in [-0.05, 0) is 61.3 Å². The summed E-state index contributed by atoms with van der Waals surface area (Å²) in [6.07, 6.45) is 1.79. The number of rotatable bonds is 10. The average molecular weight is 557 g/mol. The topological polar surface area (TPSA) is 65.0 Å². The van der Waals surface area contributed by atoms with E-state index in [2.05, 4.69) is 17.3 Å². The van der Waals surface area contributed by atoms with Crippen LogP contribution in [0.4, 0.5) is 4.79 Å². The van der Waals surface area contributed by atoms with Crippen LogP contribution < -0.4 is 5.32 Å². The highest BCUT2D eigenvalue weighted by Crippen LogP contribution is 2.31. The molecule has 3 aromatic carbocycles. The molecule has 0 bridgehead atoms. The number of hydrogen-bond donors (Lipinski definition) is 2. The largest absolute Gasteiger partial charge is 0.392 e. The number of carbonyl (C=O) groups is 1. The van der Waals surface area contributed by atoms with Gasteiger partial charge in [-0.15, -0.1) is 0 Å². The molecule has 1 heterocycles. The Morgan fingerprint density at radius 2 is 1.68 bits per heavy atom. The van der Waals surface area contributed by atoms with E-state index in [1.165, 1.54) is 0 Å². The van der Waals surface area contributed by atoms with Crippen molar-refractivity contribution in [2.45, 2.75) is 44.7 Å². The van der Waals surface area contributed by atoms with Crippen molar-refractivity contribution < 1.29 is 14.6 Å². The Bertz CT molecular complexity index is 1170. The Morgan fingerprint density at radius 3 is 2.37 bits per heavy atom. The molecule has 1 aliphatic heterocycles. The van der Waals surface area contributed by atoms with E-state index in [1.807, 2.05) is 71.6 Å². The van der Waals surface area contributed by atoms with Gasteiger partial charge in [0.1, 0.15) is 0 Å². The fourth-order valence-corrected chi connectivity index (χ4v) is 5.16. The molecule has 2 N–H and O–H groups in total.